The van der Waals surface area contributed by atoms with Crippen molar-refractivity contribution in [2.75, 3.05) is 0 Å². The Balaban J connectivity index is 1.75. The summed E-state index contributed by atoms with van der Waals surface area (Å²) in [4.78, 5) is 11.1. The van der Waals surface area contributed by atoms with Crippen molar-refractivity contribution in [3.05, 3.63) is 12.2 Å². The minimum Gasteiger partial charge on any atom is -0.481 e. The first kappa shape index (κ1) is 12.6. The van der Waals surface area contributed by atoms with Crippen LogP contribution in [0.15, 0.2) is 6.33 Å². The topological polar surface area (TPSA) is 68.0 Å². The Labute approximate surface area is 113 Å². The van der Waals surface area contributed by atoms with Crippen molar-refractivity contribution in [2.24, 2.45) is 5.92 Å². The van der Waals surface area contributed by atoms with Gasteiger partial charge in [-0.25, -0.2) is 0 Å². The second-order valence-electron chi connectivity index (χ2n) is 5.93. The zero-order chi connectivity index (χ0) is 13.2. The molecule has 0 saturated heterocycles. The molecule has 2 aliphatic carbocycles. The lowest BCUT2D eigenvalue weighted by molar-refractivity contribution is -0.141. The minimum atomic E-state index is -0.661. The number of hydrogen-bond acceptors (Lipinski definition) is 3. The van der Waals surface area contributed by atoms with Crippen LogP contribution in [-0.4, -0.2) is 25.8 Å². The molecule has 1 heterocycles. The Hall–Kier alpha value is -1.39. The number of rotatable bonds is 3. The monoisotopic (exact) mass is 263 g/mol. The van der Waals surface area contributed by atoms with Crippen molar-refractivity contribution >= 4 is 5.97 Å². The van der Waals surface area contributed by atoms with Crippen molar-refractivity contribution in [2.45, 2.75) is 63.3 Å². The standard InChI is InChI=1S/C14H21N3O2/c18-14(19)11-7-6-10(8-11)13-16-15-9-17(13)12-4-2-1-3-5-12/h9-12H,1-8H2,(H,18,19). The average molecular weight is 263 g/mol. The van der Waals surface area contributed by atoms with E-state index < -0.39 is 5.97 Å². The van der Waals surface area contributed by atoms with Gasteiger partial charge < -0.3 is 9.67 Å². The van der Waals surface area contributed by atoms with Crippen LogP contribution in [0.4, 0.5) is 0 Å². The molecular weight excluding hydrogens is 242 g/mol. The average Bonchev–Trinajstić information content (AvgIpc) is 3.08. The highest BCUT2D eigenvalue weighted by atomic mass is 16.4. The SMILES string of the molecule is O=C(O)C1CCC(c2nncn2C2CCCCC2)C1. The van der Waals surface area contributed by atoms with Crippen LogP contribution in [0.1, 0.15) is 69.2 Å². The number of aliphatic carboxylic acids is 1. The first-order valence-electron chi connectivity index (χ1n) is 7.38. The number of aromatic nitrogens is 3. The van der Waals surface area contributed by atoms with E-state index in [1.54, 1.807) is 0 Å². The molecule has 1 aromatic heterocycles. The predicted octanol–water partition coefficient (Wildman–Crippen LogP) is 2.75. The molecular formula is C14H21N3O2. The molecule has 19 heavy (non-hydrogen) atoms. The van der Waals surface area contributed by atoms with Crippen LogP contribution < -0.4 is 0 Å². The van der Waals surface area contributed by atoms with Gasteiger partial charge in [0.15, 0.2) is 0 Å². The molecule has 0 aromatic carbocycles. The molecule has 0 aliphatic heterocycles. The van der Waals surface area contributed by atoms with Gasteiger partial charge in [-0.05, 0) is 32.1 Å². The molecule has 0 radical (unpaired) electrons. The van der Waals surface area contributed by atoms with Crippen molar-refractivity contribution in [1.29, 1.82) is 0 Å². The third-order valence-corrected chi connectivity index (χ3v) is 4.72. The molecule has 1 aromatic rings. The first-order valence-corrected chi connectivity index (χ1v) is 7.38. The highest BCUT2D eigenvalue weighted by Crippen LogP contribution is 2.39. The molecule has 5 heteroatoms. The van der Waals surface area contributed by atoms with Gasteiger partial charge in [0, 0.05) is 12.0 Å². The number of carboxylic acids is 1. The quantitative estimate of drug-likeness (QED) is 0.910. The summed E-state index contributed by atoms with van der Waals surface area (Å²) in [6.45, 7) is 0. The molecule has 104 valence electrons. The van der Waals surface area contributed by atoms with Gasteiger partial charge >= 0.3 is 5.97 Å². The fourth-order valence-corrected chi connectivity index (χ4v) is 3.62. The number of carbonyl (C=O) groups is 1. The first-order chi connectivity index (χ1) is 9.25. The summed E-state index contributed by atoms with van der Waals surface area (Å²) in [6.07, 6.45) is 10.6. The number of hydrogen-bond donors (Lipinski definition) is 1. The molecule has 0 amide bonds. The van der Waals surface area contributed by atoms with E-state index in [2.05, 4.69) is 14.8 Å². The normalized spacial score (nSPS) is 28.6. The molecule has 3 rings (SSSR count). The second kappa shape index (κ2) is 5.31. The summed E-state index contributed by atoms with van der Waals surface area (Å²) in [5.41, 5.74) is 0. The molecule has 5 nitrogen and oxygen atoms in total. The summed E-state index contributed by atoms with van der Waals surface area (Å²) >= 11 is 0. The molecule has 2 unspecified atom stereocenters. The van der Waals surface area contributed by atoms with Gasteiger partial charge in [-0.15, -0.1) is 10.2 Å². The highest BCUT2D eigenvalue weighted by molar-refractivity contribution is 5.70. The van der Waals surface area contributed by atoms with Gasteiger partial charge in [0.05, 0.1) is 5.92 Å². The van der Waals surface area contributed by atoms with E-state index in [4.69, 9.17) is 5.11 Å². The van der Waals surface area contributed by atoms with Gasteiger partial charge in [-0.2, -0.15) is 0 Å². The van der Waals surface area contributed by atoms with Crippen LogP contribution in [0.25, 0.3) is 0 Å². The summed E-state index contributed by atoms with van der Waals surface area (Å²) < 4.78 is 2.23. The fraction of sp³-hybridized carbons (Fsp3) is 0.786. The fourth-order valence-electron chi connectivity index (χ4n) is 3.62. The molecule has 2 atom stereocenters. The van der Waals surface area contributed by atoms with E-state index in [-0.39, 0.29) is 11.8 Å². The van der Waals surface area contributed by atoms with Crippen molar-refractivity contribution in [1.82, 2.24) is 14.8 Å². The Kier molecular flexibility index (Phi) is 3.53. The van der Waals surface area contributed by atoms with E-state index in [0.29, 0.717) is 6.04 Å². The van der Waals surface area contributed by atoms with Crippen LogP contribution in [-0.2, 0) is 4.79 Å². The van der Waals surface area contributed by atoms with Gasteiger partial charge in [-0.1, -0.05) is 19.3 Å². The predicted molar refractivity (Wildman–Crippen MR) is 69.9 cm³/mol. The van der Waals surface area contributed by atoms with Gasteiger partial charge in [0.2, 0.25) is 0 Å². The molecule has 1 N–H and O–H groups in total. The zero-order valence-corrected chi connectivity index (χ0v) is 11.2. The highest BCUT2D eigenvalue weighted by Gasteiger charge is 2.34. The minimum absolute atomic E-state index is 0.193. The Bertz CT molecular complexity index is 451. The Morgan fingerprint density at radius 3 is 2.68 bits per heavy atom. The lowest BCUT2D eigenvalue weighted by Gasteiger charge is -2.25. The molecule has 2 fully saturated rings. The molecule has 0 bridgehead atoms. The summed E-state index contributed by atoms with van der Waals surface area (Å²) in [5, 5.41) is 17.5. The van der Waals surface area contributed by atoms with Gasteiger partial charge in [-0.3, -0.25) is 4.79 Å². The number of nitrogens with zero attached hydrogens (tertiary/aromatic N) is 3. The maximum Gasteiger partial charge on any atom is 0.306 e. The van der Waals surface area contributed by atoms with Crippen LogP contribution >= 0.6 is 0 Å². The van der Waals surface area contributed by atoms with Crippen LogP contribution in [0.5, 0.6) is 0 Å². The molecule has 2 aliphatic rings. The third kappa shape index (κ3) is 2.51. The van der Waals surface area contributed by atoms with Crippen LogP contribution in [0.2, 0.25) is 0 Å². The van der Waals surface area contributed by atoms with E-state index in [9.17, 15) is 4.79 Å². The van der Waals surface area contributed by atoms with Gasteiger partial charge in [0.1, 0.15) is 12.2 Å². The molecule has 0 spiro atoms. The lowest BCUT2D eigenvalue weighted by Crippen LogP contribution is -2.17. The van der Waals surface area contributed by atoms with Crippen molar-refractivity contribution in [3.63, 3.8) is 0 Å². The van der Waals surface area contributed by atoms with Gasteiger partial charge in [0.25, 0.3) is 0 Å². The summed E-state index contributed by atoms with van der Waals surface area (Å²) in [7, 11) is 0. The van der Waals surface area contributed by atoms with E-state index >= 15 is 0 Å². The lowest BCUT2D eigenvalue weighted by atomic mass is 9.94. The zero-order valence-electron chi connectivity index (χ0n) is 11.2. The van der Waals surface area contributed by atoms with E-state index in [0.717, 1.165) is 25.1 Å². The summed E-state index contributed by atoms with van der Waals surface area (Å²) in [5.74, 6) is 0.453. The van der Waals surface area contributed by atoms with E-state index in [1.165, 1.54) is 32.1 Å². The van der Waals surface area contributed by atoms with E-state index in [1.807, 2.05) is 6.33 Å². The van der Waals surface area contributed by atoms with Crippen molar-refractivity contribution < 1.29 is 9.90 Å². The third-order valence-electron chi connectivity index (χ3n) is 4.72. The smallest absolute Gasteiger partial charge is 0.306 e. The maximum atomic E-state index is 11.1. The van der Waals surface area contributed by atoms with Crippen LogP contribution in [0, 0.1) is 5.92 Å². The number of carboxylic acid groups (broad SMARTS) is 1. The van der Waals surface area contributed by atoms with Crippen LogP contribution in [0.3, 0.4) is 0 Å². The van der Waals surface area contributed by atoms with Crippen molar-refractivity contribution in [3.8, 4) is 0 Å². The summed E-state index contributed by atoms with van der Waals surface area (Å²) in [6, 6.07) is 0.530. The maximum absolute atomic E-state index is 11.1. The second-order valence-corrected chi connectivity index (χ2v) is 5.93. The Morgan fingerprint density at radius 2 is 2.00 bits per heavy atom. The molecule has 2 saturated carbocycles. The largest absolute Gasteiger partial charge is 0.481 e. The Morgan fingerprint density at radius 1 is 1.21 bits per heavy atom.